The zero-order valence-corrected chi connectivity index (χ0v) is 13.8. The van der Waals surface area contributed by atoms with Crippen LogP contribution < -0.4 is 5.73 Å². The summed E-state index contributed by atoms with van der Waals surface area (Å²) < 4.78 is 14.0. The Hall–Kier alpha value is -1.23. The second-order valence-electron chi connectivity index (χ2n) is 5.40. The number of hydrogen-bond acceptors (Lipinski definition) is 2. The number of benzene rings is 2. The highest BCUT2D eigenvalue weighted by Gasteiger charge is 2.21. The summed E-state index contributed by atoms with van der Waals surface area (Å²) in [6, 6.07) is 14.9. The van der Waals surface area contributed by atoms with Crippen molar-refractivity contribution in [3.63, 3.8) is 0 Å². The third kappa shape index (κ3) is 4.37. The Kier molecular flexibility index (Phi) is 5.51. The van der Waals surface area contributed by atoms with Gasteiger partial charge < -0.3 is 5.73 Å². The Morgan fingerprint density at radius 1 is 1.19 bits per heavy atom. The molecule has 0 radical (unpaired) electrons. The Balaban J connectivity index is 2.19. The quantitative estimate of drug-likeness (QED) is 0.879. The van der Waals surface area contributed by atoms with E-state index in [1.165, 1.54) is 17.7 Å². The first-order chi connectivity index (χ1) is 9.97. The van der Waals surface area contributed by atoms with Crippen molar-refractivity contribution < 1.29 is 4.39 Å². The van der Waals surface area contributed by atoms with Gasteiger partial charge in [-0.2, -0.15) is 0 Å². The molecule has 0 aromatic heterocycles. The lowest BCUT2D eigenvalue weighted by Gasteiger charge is -2.31. The van der Waals surface area contributed by atoms with E-state index in [9.17, 15) is 4.39 Å². The van der Waals surface area contributed by atoms with Gasteiger partial charge in [0.15, 0.2) is 0 Å². The fraction of sp³-hybridized carbons (Fsp3) is 0.294. The molecule has 0 aliphatic carbocycles. The molecule has 2 aromatic carbocycles. The lowest BCUT2D eigenvalue weighted by molar-refractivity contribution is 0.211. The maximum atomic E-state index is 13.0. The molecule has 0 saturated carbocycles. The van der Waals surface area contributed by atoms with Crippen molar-refractivity contribution in [3.05, 3.63) is 69.9 Å². The molecule has 0 aliphatic heterocycles. The van der Waals surface area contributed by atoms with Crippen LogP contribution in [0.2, 0.25) is 0 Å². The van der Waals surface area contributed by atoms with Crippen molar-refractivity contribution in [1.29, 1.82) is 0 Å². The highest BCUT2D eigenvalue weighted by molar-refractivity contribution is 9.10. The minimum absolute atomic E-state index is 0.00949. The molecule has 0 fully saturated rings. The lowest BCUT2D eigenvalue weighted by Crippen LogP contribution is -2.36. The van der Waals surface area contributed by atoms with Crippen LogP contribution in [0.25, 0.3) is 0 Å². The number of nitrogens with two attached hydrogens (primary N) is 1. The summed E-state index contributed by atoms with van der Waals surface area (Å²) in [6.07, 6.45) is 0. The smallest absolute Gasteiger partial charge is 0.123 e. The van der Waals surface area contributed by atoms with Crippen molar-refractivity contribution in [2.24, 2.45) is 5.73 Å². The summed E-state index contributed by atoms with van der Waals surface area (Å²) in [7, 11) is 2.04. The maximum absolute atomic E-state index is 13.0. The van der Waals surface area contributed by atoms with E-state index in [-0.39, 0.29) is 17.9 Å². The second-order valence-corrected chi connectivity index (χ2v) is 6.32. The average Bonchev–Trinajstić information content (AvgIpc) is 2.41. The number of nitrogens with zero attached hydrogens (tertiary/aromatic N) is 1. The van der Waals surface area contributed by atoms with Gasteiger partial charge in [-0.25, -0.2) is 4.39 Å². The molecular formula is C17H20BrFN2. The van der Waals surface area contributed by atoms with Gasteiger partial charge in [0.2, 0.25) is 0 Å². The number of hydrogen-bond donors (Lipinski definition) is 1. The van der Waals surface area contributed by atoms with Crippen LogP contribution in [0.4, 0.5) is 4.39 Å². The Morgan fingerprint density at radius 3 is 2.43 bits per heavy atom. The molecule has 2 unspecified atom stereocenters. The topological polar surface area (TPSA) is 29.3 Å². The molecule has 0 heterocycles. The predicted octanol–water partition coefficient (Wildman–Crippen LogP) is 4.11. The van der Waals surface area contributed by atoms with Gasteiger partial charge in [-0.1, -0.05) is 40.2 Å². The second kappa shape index (κ2) is 7.16. The molecule has 0 amide bonds. The maximum Gasteiger partial charge on any atom is 0.123 e. The zero-order chi connectivity index (χ0) is 15.4. The molecule has 2 atom stereocenters. The molecule has 4 heteroatoms. The summed E-state index contributed by atoms with van der Waals surface area (Å²) in [6.45, 7) is 2.73. The molecule has 2 aromatic rings. The van der Waals surface area contributed by atoms with Crippen LogP contribution in [0.3, 0.4) is 0 Å². The van der Waals surface area contributed by atoms with Gasteiger partial charge in [0.1, 0.15) is 5.82 Å². The summed E-state index contributed by atoms with van der Waals surface area (Å²) in [4.78, 5) is 2.19. The normalized spacial score (nSPS) is 14.2. The fourth-order valence-electron chi connectivity index (χ4n) is 2.63. The first kappa shape index (κ1) is 16.1. The van der Waals surface area contributed by atoms with Crippen LogP contribution in [0.15, 0.2) is 53.0 Å². The van der Waals surface area contributed by atoms with E-state index >= 15 is 0 Å². The highest BCUT2D eigenvalue weighted by atomic mass is 79.9. The van der Waals surface area contributed by atoms with Crippen molar-refractivity contribution in [2.45, 2.75) is 25.6 Å². The van der Waals surface area contributed by atoms with Gasteiger partial charge in [-0.3, -0.25) is 4.90 Å². The van der Waals surface area contributed by atoms with E-state index in [2.05, 4.69) is 33.0 Å². The van der Waals surface area contributed by atoms with E-state index in [1.54, 1.807) is 0 Å². The molecule has 0 bridgehead atoms. The van der Waals surface area contributed by atoms with Gasteiger partial charge >= 0.3 is 0 Å². The Labute approximate surface area is 133 Å². The number of rotatable bonds is 5. The summed E-state index contributed by atoms with van der Waals surface area (Å²) in [5, 5.41) is 0. The van der Waals surface area contributed by atoms with Crippen LogP contribution in [-0.4, -0.2) is 18.0 Å². The lowest BCUT2D eigenvalue weighted by atomic mass is 9.99. The first-order valence-corrected chi connectivity index (χ1v) is 7.72. The molecule has 0 saturated heterocycles. The van der Waals surface area contributed by atoms with E-state index in [0.29, 0.717) is 0 Å². The highest BCUT2D eigenvalue weighted by Crippen LogP contribution is 2.26. The van der Waals surface area contributed by atoms with Crippen LogP contribution in [-0.2, 0) is 6.54 Å². The Bertz CT molecular complexity index is 584. The third-order valence-corrected chi connectivity index (χ3v) is 4.00. The van der Waals surface area contributed by atoms with Gasteiger partial charge in [0.05, 0.1) is 0 Å². The van der Waals surface area contributed by atoms with E-state index in [1.807, 2.05) is 38.2 Å². The molecular weight excluding hydrogens is 331 g/mol. The molecule has 2 rings (SSSR count). The summed E-state index contributed by atoms with van der Waals surface area (Å²) in [5.74, 6) is -0.211. The molecule has 2 N–H and O–H groups in total. The van der Waals surface area contributed by atoms with Crippen LogP contribution in [0, 0.1) is 5.82 Å². The number of halogens is 2. The standard InChI is InChI=1S/C17H20BrFN2/c1-12(20)17(14-4-3-5-15(18)10-14)21(2)11-13-6-8-16(19)9-7-13/h3-10,12,17H,11,20H2,1-2H3. The Morgan fingerprint density at radius 2 is 1.86 bits per heavy atom. The van der Waals surface area contributed by atoms with Crippen LogP contribution in [0.1, 0.15) is 24.1 Å². The molecule has 2 nitrogen and oxygen atoms in total. The summed E-state index contributed by atoms with van der Waals surface area (Å²) in [5.41, 5.74) is 8.42. The average molecular weight is 351 g/mol. The SMILES string of the molecule is CC(N)C(c1cccc(Br)c1)N(C)Cc1ccc(F)cc1. The van der Waals surface area contributed by atoms with Crippen LogP contribution >= 0.6 is 15.9 Å². The van der Waals surface area contributed by atoms with E-state index < -0.39 is 0 Å². The van der Waals surface area contributed by atoms with Crippen molar-refractivity contribution in [1.82, 2.24) is 4.90 Å². The first-order valence-electron chi connectivity index (χ1n) is 6.93. The van der Waals surface area contributed by atoms with Gasteiger partial charge in [-0.15, -0.1) is 0 Å². The van der Waals surface area contributed by atoms with Crippen molar-refractivity contribution in [3.8, 4) is 0 Å². The molecule has 21 heavy (non-hydrogen) atoms. The molecule has 112 valence electrons. The van der Waals surface area contributed by atoms with Gasteiger partial charge in [0.25, 0.3) is 0 Å². The van der Waals surface area contributed by atoms with E-state index in [0.717, 1.165) is 16.6 Å². The predicted molar refractivity (Wildman–Crippen MR) is 88.4 cm³/mol. The fourth-order valence-corrected chi connectivity index (χ4v) is 3.04. The molecule has 0 aliphatic rings. The minimum Gasteiger partial charge on any atom is -0.326 e. The third-order valence-electron chi connectivity index (χ3n) is 3.51. The summed E-state index contributed by atoms with van der Waals surface area (Å²) >= 11 is 3.50. The minimum atomic E-state index is -0.211. The largest absolute Gasteiger partial charge is 0.326 e. The zero-order valence-electron chi connectivity index (χ0n) is 12.3. The van der Waals surface area contributed by atoms with E-state index in [4.69, 9.17) is 5.73 Å². The monoisotopic (exact) mass is 350 g/mol. The number of likely N-dealkylation sites (N-methyl/N-ethyl adjacent to an activating group) is 1. The van der Waals surface area contributed by atoms with Gasteiger partial charge in [0, 0.05) is 23.1 Å². The van der Waals surface area contributed by atoms with Crippen LogP contribution in [0.5, 0.6) is 0 Å². The van der Waals surface area contributed by atoms with Crippen molar-refractivity contribution in [2.75, 3.05) is 7.05 Å². The molecule has 0 spiro atoms. The van der Waals surface area contributed by atoms with Gasteiger partial charge in [-0.05, 0) is 49.4 Å². The van der Waals surface area contributed by atoms with Crippen molar-refractivity contribution >= 4 is 15.9 Å².